The monoisotopic (exact) mass is 412 g/mol. The molecule has 0 unspecified atom stereocenters. The number of nitrogens with zero attached hydrogens (tertiary/aromatic N) is 6. The van der Waals surface area contributed by atoms with Crippen molar-refractivity contribution in [3.63, 3.8) is 0 Å². The number of amides is 1. The lowest BCUT2D eigenvalue weighted by atomic mass is 10.1. The average molecular weight is 412 g/mol. The van der Waals surface area contributed by atoms with Crippen LogP contribution in [-0.2, 0) is 6.54 Å². The summed E-state index contributed by atoms with van der Waals surface area (Å²) in [5.74, 6) is -0.339. The van der Waals surface area contributed by atoms with Crippen LogP contribution in [0.5, 0.6) is 0 Å². The molecule has 0 fully saturated rings. The third kappa shape index (κ3) is 3.62. The number of carbonyl (C=O) groups is 1. The summed E-state index contributed by atoms with van der Waals surface area (Å²) in [6.45, 7) is 6.32. The highest BCUT2D eigenvalue weighted by atomic mass is 16.1. The van der Waals surface area contributed by atoms with E-state index in [0.717, 1.165) is 5.56 Å². The highest BCUT2D eigenvalue weighted by Gasteiger charge is 2.16. The molecule has 0 radical (unpaired) electrons. The first-order valence-electron chi connectivity index (χ1n) is 9.85. The van der Waals surface area contributed by atoms with Gasteiger partial charge < -0.3 is 4.57 Å². The highest BCUT2D eigenvalue weighted by Crippen LogP contribution is 2.14. The van der Waals surface area contributed by atoms with Crippen molar-refractivity contribution in [1.82, 2.24) is 18.9 Å². The normalized spacial score (nSPS) is 11.9. The third-order valence-electron chi connectivity index (χ3n) is 4.91. The second-order valence-corrected chi connectivity index (χ2v) is 7.69. The Balaban J connectivity index is 2.15. The van der Waals surface area contributed by atoms with E-state index >= 15 is 0 Å². The van der Waals surface area contributed by atoms with Gasteiger partial charge >= 0.3 is 0 Å². The zero-order valence-electron chi connectivity index (χ0n) is 17.4. The largest absolute Gasteiger partial charge is 0.309 e. The zero-order chi connectivity index (χ0) is 22.1. The molecule has 4 heterocycles. The Morgan fingerprint density at radius 3 is 2.65 bits per heavy atom. The van der Waals surface area contributed by atoms with E-state index in [1.54, 1.807) is 29.0 Å². The summed E-state index contributed by atoms with van der Waals surface area (Å²) in [5, 5.41) is 10.1. The van der Waals surface area contributed by atoms with Gasteiger partial charge in [-0.25, -0.2) is 4.98 Å². The third-order valence-corrected chi connectivity index (χ3v) is 4.91. The molecule has 0 saturated heterocycles. The van der Waals surface area contributed by atoms with Crippen molar-refractivity contribution in [3.8, 4) is 6.07 Å². The number of aromatic nitrogens is 4. The van der Waals surface area contributed by atoms with Crippen molar-refractivity contribution >= 4 is 22.6 Å². The number of aryl methyl sites for hydroxylation is 1. The Morgan fingerprint density at radius 1 is 1.23 bits per heavy atom. The van der Waals surface area contributed by atoms with Crippen LogP contribution in [0.2, 0.25) is 0 Å². The number of hydrogen-bond donors (Lipinski definition) is 0. The summed E-state index contributed by atoms with van der Waals surface area (Å²) in [6, 6.07) is 10.3. The van der Waals surface area contributed by atoms with Gasteiger partial charge in [0.1, 0.15) is 17.4 Å². The van der Waals surface area contributed by atoms with Gasteiger partial charge in [-0.2, -0.15) is 10.3 Å². The lowest BCUT2D eigenvalue weighted by molar-refractivity contribution is 0.0997. The molecule has 8 heteroatoms. The summed E-state index contributed by atoms with van der Waals surface area (Å²) < 4.78 is 3.17. The smallest absolute Gasteiger partial charge is 0.279 e. The molecule has 1 amide bonds. The topological polar surface area (TPSA) is 105 Å². The SMILES string of the molecule is Cc1cccn2c(=O)c3cc(C#N)c(=NC(=O)c4ccncc4)n(CC(C)C)c3nc12. The molecule has 0 atom stereocenters. The number of nitriles is 1. The molecule has 31 heavy (non-hydrogen) atoms. The van der Waals surface area contributed by atoms with Gasteiger partial charge in [-0.3, -0.25) is 19.0 Å². The minimum atomic E-state index is -0.496. The van der Waals surface area contributed by atoms with Crippen molar-refractivity contribution in [2.75, 3.05) is 0 Å². The number of hydrogen-bond acceptors (Lipinski definition) is 5. The second kappa shape index (κ2) is 7.95. The maximum absolute atomic E-state index is 13.2. The second-order valence-electron chi connectivity index (χ2n) is 7.69. The first kappa shape index (κ1) is 20.2. The van der Waals surface area contributed by atoms with Crippen LogP contribution in [0.15, 0.2) is 58.7 Å². The van der Waals surface area contributed by atoms with Crippen LogP contribution in [0.25, 0.3) is 16.7 Å². The zero-order valence-corrected chi connectivity index (χ0v) is 17.4. The molecule has 154 valence electrons. The maximum atomic E-state index is 13.2. The molecule has 0 aliphatic rings. The van der Waals surface area contributed by atoms with E-state index in [2.05, 4.69) is 16.0 Å². The minimum absolute atomic E-state index is 0.141. The first-order valence-corrected chi connectivity index (χ1v) is 9.85. The standard InChI is InChI=1S/C23H20N6O2/c1-14(2)13-29-20(27-22(30)16-6-8-25-9-7-16)17(12-24)11-18-21(29)26-19-15(3)5-4-10-28(19)23(18)31/h4-11,14H,13H2,1-3H3. The molecule has 0 aliphatic heterocycles. The van der Waals surface area contributed by atoms with E-state index in [4.69, 9.17) is 4.98 Å². The molecular formula is C23H20N6O2. The Hall–Kier alpha value is -4.12. The van der Waals surface area contributed by atoms with Crippen LogP contribution in [-0.4, -0.2) is 24.8 Å². The summed E-state index contributed by atoms with van der Waals surface area (Å²) in [7, 11) is 0. The first-order chi connectivity index (χ1) is 14.9. The van der Waals surface area contributed by atoms with E-state index in [0.29, 0.717) is 28.8 Å². The van der Waals surface area contributed by atoms with E-state index in [9.17, 15) is 14.9 Å². The van der Waals surface area contributed by atoms with Gasteiger partial charge in [0.2, 0.25) is 0 Å². The van der Waals surface area contributed by atoms with Gasteiger partial charge in [-0.1, -0.05) is 19.9 Å². The van der Waals surface area contributed by atoms with Gasteiger partial charge in [0.15, 0.2) is 5.49 Å². The predicted octanol–water partition coefficient (Wildman–Crippen LogP) is 2.62. The molecule has 4 rings (SSSR count). The molecule has 0 spiro atoms. The Morgan fingerprint density at radius 2 is 1.97 bits per heavy atom. The van der Waals surface area contributed by atoms with Crippen LogP contribution in [0.1, 0.15) is 35.3 Å². The van der Waals surface area contributed by atoms with Gasteiger partial charge in [0.25, 0.3) is 11.5 Å². The summed E-state index contributed by atoms with van der Waals surface area (Å²) in [6.07, 6.45) is 4.67. The van der Waals surface area contributed by atoms with Crippen LogP contribution in [0.3, 0.4) is 0 Å². The van der Waals surface area contributed by atoms with Crippen molar-refractivity contribution in [3.05, 3.63) is 81.5 Å². The maximum Gasteiger partial charge on any atom is 0.279 e. The molecule has 0 saturated carbocycles. The molecule has 0 N–H and O–H groups in total. The highest BCUT2D eigenvalue weighted by molar-refractivity contribution is 5.94. The van der Waals surface area contributed by atoms with Gasteiger partial charge in [-0.05, 0) is 42.7 Å². The van der Waals surface area contributed by atoms with Crippen molar-refractivity contribution in [2.45, 2.75) is 27.3 Å². The lowest BCUT2D eigenvalue weighted by Crippen LogP contribution is -2.31. The van der Waals surface area contributed by atoms with E-state index in [1.807, 2.05) is 26.8 Å². The van der Waals surface area contributed by atoms with Crippen LogP contribution in [0.4, 0.5) is 0 Å². The number of rotatable bonds is 3. The molecule has 0 aliphatic carbocycles. The Bertz CT molecular complexity index is 1490. The molecule has 4 aromatic heterocycles. The minimum Gasteiger partial charge on any atom is -0.309 e. The van der Waals surface area contributed by atoms with E-state index in [-0.39, 0.29) is 22.5 Å². The van der Waals surface area contributed by atoms with Crippen LogP contribution >= 0.6 is 0 Å². The van der Waals surface area contributed by atoms with E-state index < -0.39 is 5.91 Å². The number of carbonyl (C=O) groups excluding carboxylic acids is 1. The molecule has 0 aromatic carbocycles. The van der Waals surface area contributed by atoms with Crippen LogP contribution < -0.4 is 11.0 Å². The Kier molecular flexibility index (Phi) is 5.17. The van der Waals surface area contributed by atoms with E-state index in [1.165, 1.54) is 22.9 Å². The van der Waals surface area contributed by atoms with Crippen molar-refractivity contribution < 1.29 is 4.79 Å². The number of pyridine rings is 3. The summed E-state index contributed by atoms with van der Waals surface area (Å²) >= 11 is 0. The average Bonchev–Trinajstić information content (AvgIpc) is 2.76. The van der Waals surface area contributed by atoms with Gasteiger partial charge in [0, 0.05) is 30.7 Å². The Labute approximate surface area is 177 Å². The molecule has 4 aromatic rings. The quantitative estimate of drug-likeness (QED) is 0.481. The number of fused-ring (bicyclic) bond motifs is 2. The van der Waals surface area contributed by atoms with Crippen LogP contribution in [0, 0.1) is 24.2 Å². The van der Waals surface area contributed by atoms with Crippen molar-refractivity contribution in [1.29, 1.82) is 5.26 Å². The fourth-order valence-corrected chi connectivity index (χ4v) is 3.48. The fourth-order valence-electron chi connectivity index (χ4n) is 3.48. The fraction of sp³-hybridized carbons (Fsp3) is 0.217. The lowest BCUT2D eigenvalue weighted by Gasteiger charge is -2.15. The molecule has 8 nitrogen and oxygen atoms in total. The summed E-state index contributed by atoms with van der Waals surface area (Å²) in [5.41, 5.74) is 2.18. The predicted molar refractivity (Wildman–Crippen MR) is 115 cm³/mol. The van der Waals surface area contributed by atoms with Gasteiger partial charge in [0.05, 0.1) is 10.9 Å². The van der Waals surface area contributed by atoms with Gasteiger partial charge in [-0.15, -0.1) is 0 Å². The molecule has 0 bridgehead atoms. The summed E-state index contributed by atoms with van der Waals surface area (Å²) in [4.78, 5) is 38.9. The molecular weight excluding hydrogens is 392 g/mol. The van der Waals surface area contributed by atoms with Crippen molar-refractivity contribution in [2.24, 2.45) is 10.9 Å².